The lowest BCUT2D eigenvalue weighted by Gasteiger charge is -2.46. The van der Waals surface area contributed by atoms with E-state index in [1.54, 1.807) is 25.1 Å². The third kappa shape index (κ3) is 3.26. The summed E-state index contributed by atoms with van der Waals surface area (Å²) in [7, 11) is 3.43. The molecular weight excluding hydrogens is 500 g/mol. The molecular formula is C26H26N2O10. The van der Waals surface area contributed by atoms with Crippen LogP contribution < -0.4 is 10.6 Å². The molecule has 0 spiro atoms. The normalized spacial score (nSPS) is 26.6. The van der Waals surface area contributed by atoms with Crippen LogP contribution in [0.5, 0.6) is 5.75 Å². The van der Waals surface area contributed by atoms with Crippen LogP contribution >= 0.6 is 0 Å². The molecule has 0 radical (unpaired) electrons. The number of aromatic hydroxyl groups is 1. The third-order valence-corrected chi connectivity index (χ3v) is 7.90. The smallest absolute Gasteiger partial charge is 0.335 e. The molecule has 5 rings (SSSR count). The Morgan fingerprint density at radius 3 is 2.45 bits per heavy atom. The molecule has 1 amide bonds. The lowest BCUT2D eigenvalue weighted by atomic mass is 9.59. The van der Waals surface area contributed by atoms with E-state index in [4.69, 9.17) is 10.5 Å². The Morgan fingerprint density at radius 1 is 1.16 bits per heavy atom. The molecule has 38 heavy (non-hydrogen) atoms. The number of primary amides is 1. The number of phenols is 1. The molecule has 1 aliphatic heterocycles. The highest BCUT2D eigenvalue weighted by Gasteiger charge is 2.60. The van der Waals surface area contributed by atoms with Crippen molar-refractivity contribution >= 4 is 40.6 Å². The summed E-state index contributed by atoms with van der Waals surface area (Å²) < 4.78 is 5.53. The number of carbonyl (C=O) groups excluding carboxylic acids is 3. The number of fused-ring (bicyclic) bond motifs is 3. The van der Waals surface area contributed by atoms with Crippen molar-refractivity contribution in [3.8, 4) is 5.75 Å². The van der Waals surface area contributed by atoms with Gasteiger partial charge in [-0.15, -0.1) is 0 Å². The zero-order valence-corrected chi connectivity index (χ0v) is 20.6. The number of aliphatic hydroxyl groups is 3. The van der Waals surface area contributed by atoms with Crippen molar-refractivity contribution in [2.24, 2.45) is 17.6 Å². The molecule has 0 unspecified atom stereocenters. The van der Waals surface area contributed by atoms with Crippen LogP contribution in [0.3, 0.4) is 0 Å². The molecule has 1 aromatic carbocycles. The van der Waals surface area contributed by atoms with E-state index >= 15 is 0 Å². The maximum atomic E-state index is 13.7. The van der Waals surface area contributed by atoms with Crippen LogP contribution in [-0.2, 0) is 30.3 Å². The summed E-state index contributed by atoms with van der Waals surface area (Å²) in [6.45, 7) is 0.0827. The molecule has 0 bridgehead atoms. The van der Waals surface area contributed by atoms with E-state index in [9.17, 15) is 44.7 Å². The lowest BCUT2D eigenvalue weighted by Crippen LogP contribution is -2.58. The third-order valence-electron chi connectivity index (χ3n) is 7.90. The number of ketones is 2. The molecule has 3 atom stereocenters. The fourth-order valence-electron chi connectivity index (χ4n) is 6.14. The number of hydrogen-bond donors (Lipinski definition) is 6. The number of carboxylic acids is 1. The van der Waals surface area contributed by atoms with Crippen molar-refractivity contribution in [2.45, 2.75) is 31.3 Å². The molecule has 7 N–H and O–H groups in total. The van der Waals surface area contributed by atoms with Gasteiger partial charge >= 0.3 is 5.97 Å². The van der Waals surface area contributed by atoms with Gasteiger partial charge in [0.25, 0.3) is 5.91 Å². The summed E-state index contributed by atoms with van der Waals surface area (Å²) in [4.78, 5) is 51.5. The number of Topliss-reactive ketones (excluding diaryl/α,β-unsaturated/α-hetero) is 2. The van der Waals surface area contributed by atoms with Crippen molar-refractivity contribution < 1.29 is 49.4 Å². The Hall–Kier alpha value is -4.32. The maximum Gasteiger partial charge on any atom is 0.335 e. The van der Waals surface area contributed by atoms with Gasteiger partial charge < -0.3 is 40.9 Å². The minimum absolute atomic E-state index is 0.00909. The number of nitrogens with two attached hydrogens (primary N) is 1. The van der Waals surface area contributed by atoms with Crippen molar-refractivity contribution in [3.05, 3.63) is 45.2 Å². The van der Waals surface area contributed by atoms with Crippen molar-refractivity contribution in [2.75, 3.05) is 25.6 Å². The number of phenolic OH excluding ortho intramolecular Hbond substituents is 1. The number of benzene rings is 1. The molecule has 200 valence electrons. The number of carbonyl (C=O) groups is 4. The standard InChI is InChI=1S/C26H26N2O10/c1-28(2)14-8-13(21-11(25(35)36)3-4-38-21)19(30)17-12(14)6-9-5-10-7-15(29)18(24(27)34)23(33)26(10,37)22(32)16(9)20(17)31/h8-10,30-31,33,37H,3-7H2,1-2H3,(H2,27,34)(H,35,36)/t9-,10+,26+/m1/s1. The molecule has 0 aromatic heterocycles. The summed E-state index contributed by atoms with van der Waals surface area (Å²) in [6, 6.07) is 1.55. The van der Waals surface area contributed by atoms with Gasteiger partial charge in [-0.3, -0.25) is 14.4 Å². The van der Waals surface area contributed by atoms with E-state index in [0.717, 1.165) is 0 Å². The number of aliphatic carboxylic acids is 1. The molecule has 1 aromatic rings. The van der Waals surface area contributed by atoms with Crippen LogP contribution in [0, 0.1) is 11.8 Å². The Bertz CT molecular complexity index is 1450. The lowest BCUT2D eigenvalue weighted by molar-refractivity contribution is -0.147. The highest BCUT2D eigenvalue weighted by atomic mass is 16.5. The molecule has 1 heterocycles. The first-order valence-electron chi connectivity index (χ1n) is 11.9. The fourth-order valence-corrected chi connectivity index (χ4v) is 6.14. The Kier molecular flexibility index (Phi) is 5.57. The van der Waals surface area contributed by atoms with Crippen LogP contribution in [0.25, 0.3) is 11.5 Å². The van der Waals surface area contributed by atoms with Gasteiger partial charge in [-0.2, -0.15) is 0 Å². The van der Waals surface area contributed by atoms with Crippen LogP contribution in [0.2, 0.25) is 0 Å². The van der Waals surface area contributed by atoms with E-state index in [1.807, 2.05) is 0 Å². The number of nitrogens with zero attached hydrogens (tertiary/aromatic N) is 1. The Morgan fingerprint density at radius 2 is 1.84 bits per heavy atom. The number of rotatable bonds is 4. The molecule has 12 heteroatoms. The van der Waals surface area contributed by atoms with Gasteiger partial charge in [-0.25, -0.2) is 4.79 Å². The largest absolute Gasteiger partial charge is 0.508 e. The first-order chi connectivity index (χ1) is 17.8. The highest BCUT2D eigenvalue weighted by molar-refractivity contribution is 6.22. The van der Waals surface area contributed by atoms with Gasteiger partial charge in [0.05, 0.1) is 23.3 Å². The van der Waals surface area contributed by atoms with Gasteiger partial charge in [0, 0.05) is 44.1 Å². The van der Waals surface area contributed by atoms with Crippen molar-refractivity contribution in [3.63, 3.8) is 0 Å². The molecule has 4 aliphatic rings. The van der Waals surface area contributed by atoms with E-state index in [0.29, 0.717) is 11.3 Å². The second kappa shape index (κ2) is 8.35. The van der Waals surface area contributed by atoms with E-state index in [1.165, 1.54) is 0 Å². The minimum atomic E-state index is -2.67. The van der Waals surface area contributed by atoms with Gasteiger partial charge in [0.2, 0.25) is 5.78 Å². The van der Waals surface area contributed by atoms with E-state index in [2.05, 4.69) is 0 Å². The molecule has 0 saturated heterocycles. The molecule has 3 aliphatic carbocycles. The van der Waals surface area contributed by atoms with Gasteiger partial charge in [0.1, 0.15) is 28.6 Å². The Labute approximate surface area is 215 Å². The topological polar surface area (TPSA) is 208 Å². The zero-order valence-electron chi connectivity index (χ0n) is 20.6. The SMILES string of the molecule is CN(C)c1cc(C2=C(C(=O)O)CCO2)c(O)c2c1C[C@H]1C[C@H]3CC(=O)C(C(N)=O)=C(O)[C@@]3(O)C(=O)C1=C2O. The summed E-state index contributed by atoms with van der Waals surface area (Å²) in [6.07, 6.45) is -0.166. The van der Waals surface area contributed by atoms with Crippen LogP contribution in [0.4, 0.5) is 5.69 Å². The number of carboxylic acid groups (broad SMARTS) is 1. The number of hydrogen-bond acceptors (Lipinski definition) is 10. The second-order valence-corrected chi connectivity index (χ2v) is 10.2. The first kappa shape index (κ1) is 25.3. The summed E-state index contributed by atoms with van der Waals surface area (Å²) in [5.41, 5.74) is 2.22. The Balaban J connectivity index is 1.76. The first-order valence-corrected chi connectivity index (χ1v) is 11.9. The maximum absolute atomic E-state index is 13.7. The average molecular weight is 526 g/mol. The molecule has 12 nitrogen and oxygen atoms in total. The van der Waals surface area contributed by atoms with Crippen LogP contribution in [0.15, 0.2) is 28.5 Å². The van der Waals surface area contributed by atoms with E-state index < -0.39 is 70.1 Å². The number of ether oxygens (including phenoxy) is 1. The minimum Gasteiger partial charge on any atom is -0.508 e. The number of aliphatic hydroxyl groups excluding tert-OH is 2. The van der Waals surface area contributed by atoms with Crippen molar-refractivity contribution in [1.29, 1.82) is 0 Å². The second-order valence-electron chi connectivity index (χ2n) is 10.2. The van der Waals surface area contributed by atoms with E-state index in [-0.39, 0.29) is 53.9 Å². The fraction of sp³-hybridized carbons (Fsp3) is 0.385. The van der Waals surface area contributed by atoms with Crippen molar-refractivity contribution in [1.82, 2.24) is 0 Å². The number of amides is 1. The summed E-state index contributed by atoms with van der Waals surface area (Å²) in [5, 5.41) is 54.4. The predicted molar refractivity (Wildman–Crippen MR) is 131 cm³/mol. The predicted octanol–water partition coefficient (Wildman–Crippen LogP) is 0.706. The highest BCUT2D eigenvalue weighted by Crippen LogP contribution is 2.54. The number of anilines is 1. The van der Waals surface area contributed by atoms with Crippen LogP contribution in [-0.4, -0.2) is 75.3 Å². The monoisotopic (exact) mass is 526 g/mol. The van der Waals surface area contributed by atoms with Gasteiger partial charge in [-0.1, -0.05) is 0 Å². The van der Waals surface area contributed by atoms with Crippen LogP contribution in [0.1, 0.15) is 36.0 Å². The zero-order chi connectivity index (χ0) is 27.8. The summed E-state index contributed by atoms with van der Waals surface area (Å²) >= 11 is 0. The van der Waals surface area contributed by atoms with Gasteiger partial charge in [-0.05, 0) is 30.4 Å². The quantitative estimate of drug-likeness (QED) is 0.301. The molecule has 1 saturated carbocycles. The average Bonchev–Trinajstić information content (AvgIpc) is 3.31. The van der Waals surface area contributed by atoms with Gasteiger partial charge in [0.15, 0.2) is 11.4 Å². The summed E-state index contributed by atoms with van der Waals surface area (Å²) in [5.74, 6) is -8.55. The molecule has 1 fully saturated rings.